The van der Waals surface area contributed by atoms with Gasteiger partial charge in [0, 0.05) is 81.1 Å². The van der Waals surface area contributed by atoms with Gasteiger partial charge in [-0.2, -0.15) is 0 Å². The van der Waals surface area contributed by atoms with Crippen LogP contribution >= 0.6 is 23.2 Å². The zero-order valence-electron chi connectivity index (χ0n) is 88.4. The Balaban J connectivity index is 0.000000740. The Bertz CT molecular complexity index is 4290. The molecule has 14 rings (SSSR count). The van der Waals surface area contributed by atoms with Crippen molar-refractivity contribution in [1.29, 1.82) is 0 Å². The number of hydrogen-bond donors (Lipinski definition) is 2. The summed E-state index contributed by atoms with van der Waals surface area (Å²) in [6, 6.07) is 70.3. The largest absolute Gasteiger partial charge is 0.444 e. The van der Waals surface area contributed by atoms with Gasteiger partial charge < -0.3 is 35.1 Å². The van der Waals surface area contributed by atoms with Crippen LogP contribution in [-0.4, -0.2) is 121 Å². The SMILES string of the molecule is CC1CCOCC1.CCC1CCN(C(=O)OC(C)(C)C)CC1.CCC1CCNCC1.CCC1CCOCC1.CCCCc1ccc(Cl)cc1.CCCCc1ccc(F)cc1.CCCCc1ccccc1.CCCc1ccc(Cl)cc1.CCCc1ccc(F)cc1.CCCc1ccccc1.CCN1C(=O)N(C)C(C)(C)C1=O.CCc1cccc(C)c1.Cc1ccc(C(N)=O)cc1.Cc1ccncc1. The second-order valence-electron chi connectivity index (χ2n) is 37.3. The molecule has 137 heavy (non-hydrogen) atoms. The highest BCUT2D eigenvalue weighted by molar-refractivity contribution is 6.30. The molecule has 5 aliphatic rings. The number of carbonyl (C=O) groups is 4. The predicted octanol–water partition coefficient (Wildman–Crippen LogP) is 32.0. The number of pyridine rings is 1. The van der Waals surface area contributed by atoms with Crippen LogP contribution < -0.4 is 11.1 Å². The maximum atomic E-state index is 12.4. The molecule has 5 amide bonds. The molecule has 5 aliphatic heterocycles. The number of ether oxygens (including phenoxy) is 3. The molecule has 0 bridgehead atoms. The lowest BCUT2D eigenvalue weighted by molar-refractivity contribution is -0.131. The molecule has 9 aromatic rings. The lowest BCUT2D eigenvalue weighted by Crippen LogP contribution is -2.41. The molecule has 0 saturated carbocycles. The van der Waals surface area contributed by atoms with E-state index in [9.17, 15) is 28.0 Å². The van der Waals surface area contributed by atoms with Crippen LogP contribution in [0.2, 0.25) is 10.0 Å². The number of nitrogens with one attached hydrogen (secondary N) is 1. The number of imide groups is 1. The number of nitrogens with zero attached hydrogens (tertiary/aromatic N) is 4. The van der Waals surface area contributed by atoms with Gasteiger partial charge in [-0.25, -0.2) is 18.4 Å². The van der Waals surface area contributed by atoms with Crippen LogP contribution in [0.4, 0.5) is 18.4 Å². The smallest absolute Gasteiger partial charge is 0.410 e. The Hall–Kier alpha value is -9.09. The van der Waals surface area contributed by atoms with E-state index in [1.807, 2.05) is 112 Å². The van der Waals surface area contributed by atoms with Crippen LogP contribution in [0.1, 0.15) is 312 Å². The highest BCUT2D eigenvalue weighted by atomic mass is 35.5. The molecule has 0 radical (unpaired) electrons. The third-order valence-electron chi connectivity index (χ3n) is 23.8. The van der Waals surface area contributed by atoms with Gasteiger partial charge in [-0.15, -0.1) is 0 Å². The van der Waals surface area contributed by atoms with Crippen molar-refractivity contribution in [3.8, 4) is 0 Å². The summed E-state index contributed by atoms with van der Waals surface area (Å²) in [5, 5.41) is 4.99. The van der Waals surface area contributed by atoms with Crippen LogP contribution in [-0.2, 0) is 64.0 Å². The van der Waals surface area contributed by atoms with Gasteiger partial charge in [0.1, 0.15) is 22.8 Å². The Morgan fingerprint density at radius 2 is 0.825 bits per heavy atom. The number of amides is 5. The number of aromatic nitrogens is 1. The third kappa shape index (κ3) is 63.3. The minimum absolute atomic E-state index is 0.113. The number of piperidine rings is 2. The molecule has 0 unspecified atom stereocenters. The van der Waals surface area contributed by atoms with E-state index in [0.717, 1.165) is 124 Å². The molecule has 13 nitrogen and oxygen atoms in total. The van der Waals surface area contributed by atoms with Crippen LogP contribution in [0, 0.1) is 56.1 Å². The highest BCUT2D eigenvalue weighted by Crippen LogP contribution is 2.27. The minimum atomic E-state index is -0.674. The normalized spacial score (nSPS) is 14.2. The highest BCUT2D eigenvalue weighted by Gasteiger charge is 2.48. The number of benzene rings is 8. The first-order chi connectivity index (χ1) is 65.7. The molecule has 3 N–H and O–H groups in total. The molecule has 5 saturated heterocycles. The maximum Gasteiger partial charge on any atom is 0.410 e. The van der Waals surface area contributed by atoms with E-state index in [1.54, 1.807) is 52.3 Å². The number of unbranched alkanes of at least 4 members (excludes halogenated alkanes) is 3. The van der Waals surface area contributed by atoms with Crippen molar-refractivity contribution in [2.75, 3.05) is 66.2 Å². The number of aryl methyl sites for hydroxylation is 10. The second kappa shape index (κ2) is 78.7. The van der Waals surface area contributed by atoms with Crippen molar-refractivity contribution in [3.05, 3.63) is 314 Å². The van der Waals surface area contributed by atoms with Crippen molar-refractivity contribution in [1.82, 2.24) is 25.0 Å². The van der Waals surface area contributed by atoms with Crippen molar-refractivity contribution >= 4 is 47.1 Å². The summed E-state index contributed by atoms with van der Waals surface area (Å²) in [6.07, 6.45) is 36.6. The van der Waals surface area contributed by atoms with Crippen molar-refractivity contribution in [2.24, 2.45) is 29.4 Å². The fourth-order valence-electron chi connectivity index (χ4n) is 14.3. The molecule has 17 heteroatoms. The van der Waals surface area contributed by atoms with E-state index < -0.39 is 5.54 Å². The molecule has 1 aromatic heterocycles. The van der Waals surface area contributed by atoms with E-state index in [1.165, 1.54) is 226 Å². The van der Waals surface area contributed by atoms with E-state index >= 15 is 0 Å². The first-order valence-electron chi connectivity index (χ1n) is 51.5. The zero-order chi connectivity index (χ0) is 102. The van der Waals surface area contributed by atoms with E-state index in [-0.39, 0.29) is 41.2 Å². The molecular weight excluding hydrogens is 1750 g/mol. The predicted molar refractivity (Wildman–Crippen MR) is 580 cm³/mol. The Kier molecular flexibility index (Phi) is 72.3. The van der Waals surface area contributed by atoms with E-state index in [0.29, 0.717) is 12.1 Å². The first-order valence-corrected chi connectivity index (χ1v) is 52.2. The van der Waals surface area contributed by atoms with Crippen LogP contribution in [0.15, 0.2) is 231 Å². The number of urea groups is 1. The van der Waals surface area contributed by atoms with Gasteiger partial charge in [0.05, 0.1) is 0 Å². The standard InChI is InChI=1S/C12H23NO2.C10H13Cl.C10H13F.C10H14.C9H11Cl.C9H11F.2C9H12.C8H14N2O2.C8H9NO.C7H15N.C7H14O.C6H7N.C6H12O/c1-5-10-6-8-13(9-7-10)11(14)15-12(2,3)4;2*1-2-3-4-9-5-7-10(11)8-6-9;1-2-3-7-10-8-5-4-6-9-10;2*1-2-3-8-4-6-9(10)7-5-8;1-3-9-6-4-5-8(2)7-9;1-2-6-9-7-4-3-5-8-9;1-5-10-6(11)8(2,3)9(4)7(10)12;1-6-2-4-7(5-3-6)8(9)10;2*1-2-7-3-5-8-6-4-7;2*1-6-2-4-7-5-3-6/h10H,5-9H2,1-4H3;2*5-8H,2-4H2,1H3;4-6,8-9H,2-3,7H2,1H3;2*4-7H,2-3H2,1H3;4-7H,3H2,1-2H3;3-5,7-8H,2,6H2,1H3;5H2,1-4H3;2-5H,1H3,(H2,9,10);7-8H,2-6H2,1H3;7H,2-6H2,1H3;2-5H,1H3;6H,2-5H2,1H3. The van der Waals surface area contributed by atoms with Gasteiger partial charge in [-0.05, 0) is 332 Å². The van der Waals surface area contributed by atoms with E-state index in [4.69, 9.17) is 43.1 Å². The monoisotopic (exact) mass is 1930 g/mol. The molecule has 5 fully saturated rings. The summed E-state index contributed by atoms with van der Waals surface area (Å²) < 4.78 is 40.4. The third-order valence-corrected chi connectivity index (χ3v) is 24.3. The second-order valence-corrected chi connectivity index (χ2v) is 38.1. The summed E-state index contributed by atoms with van der Waals surface area (Å²) in [5.74, 6) is 2.90. The molecule has 0 aliphatic carbocycles. The Morgan fingerprint density at radius 3 is 1.12 bits per heavy atom. The molecule has 0 atom stereocenters. The maximum absolute atomic E-state index is 12.4. The van der Waals surface area contributed by atoms with Crippen LogP contribution in [0.5, 0.6) is 0 Å². The fraction of sp³-hybridized carbons (Fsp3) is 0.525. The number of rotatable bonds is 21. The Labute approximate surface area is 841 Å². The summed E-state index contributed by atoms with van der Waals surface area (Å²) in [4.78, 5) is 53.6. The summed E-state index contributed by atoms with van der Waals surface area (Å²) in [5.41, 5.74) is 17.8. The first kappa shape index (κ1) is 126. The van der Waals surface area contributed by atoms with Gasteiger partial charge in [0.25, 0.3) is 5.91 Å². The lowest BCUT2D eigenvalue weighted by Gasteiger charge is -2.33. The number of carbonyl (C=O) groups excluding carboxylic acids is 4. The number of halogens is 4. The summed E-state index contributed by atoms with van der Waals surface area (Å²) in [6.45, 7) is 50.1. The molecular formula is C120H180Cl2F2N6O7. The van der Waals surface area contributed by atoms with Gasteiger partial charge in [0.15, 0.2) is 0 Å². The average molecular weight is 1930 g/mol. The number of likely N-dealkylation sites (tertiary alicyclic amines) is 1. The minimum Gasteiger partial charge on any atom is -0.444 e. The fourth-order valence-corrected chi connectivity index (χ4v) is 14.6. The summed E-state index contributed by atoms with van der Waals surface area (Å²) in [7, 11) is 1.65. The number of hydrogen-bond acceptors (Lipinski definition) is 9. The number of likely N-dealkylation sites (N-methyl/N-ethyl adjacent to an activating group) is 2. The molecule has 6 heterocycles. The zero-order valence-corrected chi connectivity index (χ0v) is 90.0. The number of primary amides is 1. The lowest BCUT2D eigenvalue weighted by atomic mass is 9.95. The Morgan fingerprint density at radius 1 is 0.460 bits per heavy atom. The van der Waals surface area contributed by atoms with Crippen molar-refractivity contribution in [3.63, 3.8) is 0 Å². The van der Waals surface area contributed by atoms with Crippen LogP contribution in [0.25, 0.3) is 0 Å². The van der Waals surface area contributed by atoms with Crippen LogP contribution in [0.3, 0.4) is 0 Å². The molecule has 760 valence electrons. The van der Waals surface area contributed by atoms with Gasteiger partial charge in [-0.1, -0.05) is 314 Å². The van der Waals surface area contributed by atoms with Crippen molar-refractivity contribution < 1.29 is 42.2 Å². The average Bonchev–Trinajstić information content (AvgIpc) is 1.63. The van der Waals surface area contributed by atoms with Gasteiger partial charge in [0.2, 0.25) is 5.91 Å². The quantitative estimate of drug-likeness (QED) is 0.0669. The molecule has 8 aromatic carbocycles. The van der Waals surface area contributed by atoms with Crippen molar-refractivity contribution in [2.45, 2.75) is 323 Å². The van der Waals surface area contributed by atoms with Gasteiger partial charge >= 0.3 is 12.1 Å². The van der Waals surface area contributed by atoms with E-state index in [2.05, 4.69) is 203 Å². The number of nitrogens with two attached hydrogens (primary N) is 1. The molecule has 0 spiro atoms. The summed E-state index contributed by atoms with van der Waals surface area (Å²) >= 11 is 11.5. The van der Waals surface area contributed by atoms with Gasteiger partial charge in [-0.3, -0.25) is 19.5 Å². The topological polar surface area (TPSA) is 157 Å².